The van der Waals surface area contributed by atoms with Crippen molar-refractivity contribution in [3.63, 3.8) is 0 Å². The minimum absolute atomic E-state index is 0.0171. The Labute approximate surface area is 147 Å². The number of para-hydroxylation sites is 1. The van der Waals surface area contributed by atoms with Crippen molar-refractivity contribution in [2.24, 2.45) is 5.92 Å². The predicted molar refractivity (Wildman–Crippen MR) is 101 cm³/mol. The van der Waals surface area contributed by atoms with Crippen LogP contribution in [0.15, 0.2) is 40.8 Å². The summed E-state index contributed by atoms with van der Waals surface area (Å²) in [5.41, 5.74) is 1.71. The molecule has 2 amide bonds. The van der Waals surface area contributed by atoms with Crippen LogP contribution >= 0.6 is 11.8 Å². The molecule has 1 aromatic carbocycles. The molecule has 2 heterocycles. The van der Waals surface area contributed by atoms with Crippen LogP contribution in [-0.4, -0.2) is 36.0 Å². The Hall–Kier alpha value is -1.88. The first kappa shape index (κ1) is 17.0. The fraction of sp³-hybridized carbons (Fsp3) is 0.421. The van der Waals surface area contributed by atoms with Crippen molar-refractivity contribution in [3.05, 3.63) is 42.2 Å². The molecule has 0 spiro atoms. The van der Waals surface area contributed by atoms with E-state index < -0.39 is 0 Å². The minimum atomic E-state index is -0.0171. The number of hydrogen-bond donors (Lipinski definition) is 1. The molecule has 4 nitrogen and oxygen atoms in total. The van der Waals surface area contributed by atoms with E-state index in [2.05, 4.69) is 11.6 Å². The molecule has 0 radical (unpaired) electrons. The van der Waals surface area contributed by atoms with Crippen molar-refractivity contribution in [1.29, 1.82) is 0 Å². The minimum Gasteiger partial charge on any atom is -0.461 e. The third-order valence-corrected chi connectivity index (χ3v) is 5.19. The first-order valence-electron chi connectivity index (χ1n) is 8.38. The summed E-state index contributed by atoms with van der Waals surface area (Å²) < 4.78 is 5.72. The van der Waals surface area contributed by atoms with Gasteiger partial charge in [-0.25, -0.2) is 4.79 Å². The van der Waals surface area contributed by atoms with Gasteiger partial charge in [0.1, 0.15) is 11.5 Å². The zero-order chi connectivity index (χ0) is 16.9. The lowest BCUT2D eigenvalue weighted by Gasteiger charge is -2.32. The summed E-state index contributed by atoms with van der Waals surface area (Å²) >= 11 is 1.86. The summed E-state index contributed by atoms with van der Waals surface area (Å²) in [6.45, 7) is 3.59. The van der Waals surface area contributed by atoms with Gasteiger partial charge in [-0.3, -0.25) is 0 Å². The van der Waals surface area contributed by atoms with Crippen LogP contribution in [0.2, 0.25) is 0 Å². The number of carbonyl (C=O) groups excluding carboxylic acids is 1. The summed E-state index contributed by atoms with van der Waals surface area (Å²) in [6, 6.07) is 11.6. The van der Waals surface area contributed by atoms with Gasteiger partial charge >= 0.3 is 6.03 Å². The highest BCUT2D eigenvalue weighted by Crippen LogP contribution is 2.30. The number of aryl methyl sites for hydroxylation is 1. The Morgan fingerprint density at radius 3 is 2.92 bits per heavy atom. The van der Waals surface area contributed by atoms with Gasteiger partial charge in [-0.1, -0.05) is 12.1 Å². The molecule has 1 aliphatic rings. The highest BCUT2D eigenvalue weighted by molar-refractivity contribution is 7.98. The van der Waals surface area contributed by atoms with Gasteiger partial charge in [0, 0.05) is 18.7 Å². The van der Waals surface area contributed by atoms with E-state index in [9.17, 15) is 4.79 Å². The number of piperidine rings is 1. The van der Waals surface area contributed by atoms with Gasteiger partial charge in [-0.15, -0.1) is 0 Å². The average molecular weight is 344 g/mol. The molecule has 1 fully saturated rings. The molecule has 0 unspecified atom stereocenters. The van der Waals surface area contributed by atoms with Crippen LogP contribution in [0.25, 0.3) is 11.3 Å². The number of carbonyl (C=O) groups is 1. The zero-order valence-electron chi connectivity index (χ0n) is 14.2. The molecule has 1 atom stereocenters. The number of amides is 2. The molecule has 0 aliphatic carbocycles. The lowest BCUT2D eigenvalue weighted by Crippen LogP contribution is -2.43. The first-order valence-corrected chi connectivity index (χ1v) is 9.77. The van der Waals surface area contributed by atoms with Crippen molar-refractivity contribution in [3.8, 4) is 11.3 Å². The normalized spacial score (nSPS) is 17.8. The molecule has 0 saturated carbocycles. The average Bonchev–Trinajstić information content (AvgIpc) is 3.02. The molecule has 1 aromatic heterocycles. The number of nitrogens with one attached hydrogen (secondary N) is 1. The Morgan fingerprint density at radius 2 is 2.17 bits per heavy atom. The van der Waals surface area contributed by atoms with E-state index in [1.165, 1.54) is 6.42 Å². The number of likely N-dealkylation sites (tertiary alicyclic amines) is 1. The Bertz CT molecular complexity index is 696. The maximum absolute atomic E-state index is 12.7. The molecular formula is C19H24N2O2S. The molecule has 1 saturated heterocycles. The summed E-state index contributed by atoms with van der Waals surface area (Å²) in [7, 11) is 0. The maximum atomic E-state index is 12.7. The molecule has 1 N–H and O–H groups in total. The maximum Gasteiger partial charge on any atom is 0.321 e. The monoisotopic (exact) mass is 344 g/mol. The SMILES string of the molecule is CSC[C@H]1CCCN(C(=O)Nc2ccccc2-c2ccc(C)o2)C1. The van der Waals surface area contributed by atoms with E-state index in [0.717, 1.165) is 48.0 Å². The standard InChI is InChI=1S/C19H24N2O2S/c1-14-9-10-18(23-14)16-7-3-4-8-17(16)20-19(22)21-11-5-6-15(12-21)13-24-2/h3-4,7-10,15H,5-6,11-13H2,1-2H3,(H,20,22)/t15-/m0/s1. The molecule has 128 valence electrons. The van der Waals surface area contributed by atoms with Crippen LogP contribution in [-0.2, 0) is 0 Å². The highest BCUT2D eigenvalue weighted by atomic mass is 32.2. The van der Waals surface area contributed by atoms with Gasteiger partial charge in [0.2, 0.25) is 0 Å². The van der Waals surface area contributed by atoms with Crippen LogP contribution < -0.4 is 5.32 Å². The molecule has 3 rings (SSSR count). The van der Waals surface area contributed by atoms with Crippen LogP contribution in [0.1, 0.15) is 18.6 Å². The van der Waals surface area contributed by atoms with E-state index >= 15 is 0 Å². The van der Waals surface area contributed by atoms with Gasteiger partial charge in [0.05, 0.1) is 5.69 Å². The summed E-state index contributed by atoms with van der Waals surface area (Å²) in [5, 5.41) is 3.07. The number of benzene rings is 1. The number of urea groups is 1. The predicted octanol–water partition coefficient (Wildman–Crippen LogP) is 4.86. The molecular weight excluding hydrogens is 320 g/mol. The highest BCUT2D eigenvalue weighted by Gasteiger charge is 2.24. The second-order valence-electron chi connectivity index (χ2n) is 6.30. The van der Waals surface area contributed by atoms with E-state index in [4.69, 9.17) is 4.42 Å². The Balaban J connectivity index is 1.73. The van der Waals surface area contributed by atoms with E-state index in [1.54, 1.807) is 0 Å². The smallest absolute Gasteiger partial charge is 0.321 e. The van der Waals surface area contributed by atoms with Gasteiger partial charge in [0.15, 0.2) is 0 Å². The molecule has 24 heavy (non-hydrogen) atoms. The fourth-order valence-corrected chi connectivity index (χ4v) is 3.95. The molecule has 1 aliphatic heterocycles. The van der Waals surface area contributed by atoms with Crippen LogP contribution in [0.5, 0.6) is 0 Å². The number of furan rings is 1. The molecule has 0 bridgehead atoms. The number of anilines is 1. The van der Waals surface area contributed by atoms with Crippen LogP contribution in [0.4, 0.5) is 10.5 Å². The first-order chi connectivity index (χ1) is 11.7. The summed E-state index contributed by atoms with van der Waals surface area (Å²) in [6.07, 6.45) is 4.42. The van der Waals surface area contributed by atoms with Crippen molar-refractivity contribution >= 4 is 23.5 Å². The van der Waals surface area contributed by atoms with Gasteiger partial charge < -0.3 is 14.6 Å². The van der Waals surface area contributed by atoms with E-state index in [1.807, 2.05) is 60.0 Å². The van der Waals surface area contributed by atoms with Crippen LogP contribution in [0.3, 0.4) is 0 Å². The largest absolute Gasteiger partial charge is 0.461 e. The van der Waals surface area contributed by atoms with Crippen LogP contribution in [0, 0.1) is 12.8 Å². The van der Waals surface area contributed by atoms with Crippen molar-refractivity contribution < 1.29 is 9.21 Å². The quantitative estimate of drug-likeness (QED) is 0.861. The Kier molecular flexibility index (Phi) is 5.51. The van der Waals surface area contributed by atoms with Gasteiger partial charge in [-0.2, -0.15) is 11.8 Å². The van der Waals surface area contributed by atoms with E-state index in [0.29, 0.717) is 5.92 Å². The van der Waals surface area contributed by atoms with Crippen molar-refractivity contribution in [2.75, 3.05) is 30.4 Å². The Morgan fingerprint density at radius 1 is 1.33 bits per heavy atom. The number of thioether (sulfide) groups is 1. The third kappa shape index (κ3) is 3.96. The number of hydrogen-bond acceptors (Lipinski definition) is 3. The van der Waals surface area contributed by atoms with Gasteiger partial charge in [-0.05, 0) is 62.0 Å². The summed E-state index contributed by atoms with van der Waals surface area (Å²) in [4.78, 5) is 14.6. The third-order valence-electron chi connectivity index (χ3n) is 4.38. The lowest BCUT2D eigenvalue weighted by molar-refractivity contribution is 0.183. The number of nitrogens with zero attached hydrogens (tertiary/aromatic N) is 1. The second kappa shape index (κ2) is 7.79. The topological polar surface area (TPSA) is 45.5 Å². The summed E-state index contributed by atoms with van der Waals surface area (Å²) in [5.74, 6) is 3.36. The van der Waals surface area contributed by atoms with Crippen molar-refractivity contribution in [2.45, 2.75) is 19.8 Å². The fourth-order valence-electron chi connectivity index (χ4n) is 3.20. The van der Waals surface area contributed by atoms with Gasteiger partial charge in [0.25, 0.3) is 0 Å². The lowest BCUT2D eigenvalue weighted by atomic mass is 10.0. The molecule has 2 aromatic rings. The second-order valence-corrected chi connectivity index (χ2v) is 7.21. The molecule has 5 heteroatoms. The zero-order valence-corrected chi connectivity index (χ0v) is 15.1. The number of rotatable bonds is 4. The van der Waals surface area contributed by atoms with Crippen molar-refractivity contribution in [1.82, 2.24) is 4.90 Å². The van der Waals surface area contributed by atoms with E-state index in [-0.39, 0.29) is 6.03 Å².